The zero-order valence-electron chi connectivity index (χ0n) is 13.1. The van der Waals surface area contributed by atoms with E-state index >= 15 is 0 Å². The fourth-order valence-corrected chi connectivity index (χ4v) is 1.81. The Kier molecular flexibility index (Phi) is 9.39. The Balaban J connectivity index is 4.04. The van der Waals surface area contributed by atoms with Gasteiger partial charge in [-0.3, -0.25) is 14.5 Å². The Labute approximate surface area is 121 Å². The minimum absolute atomic E-state index is 0.00221. The molecule has 0 aromatic rings. The molecule has 0 saturated carbocycles. The van der Waals surface area contributed by atoms with Gasteiger partial charge in [-0.25, -0.2) is 0 Å². The van der Waals surface area contributed by atoms with Crippen LogP contribution < -0.4 is 0 Å². The first kappa shape index (κ1) is 18.4. The lowest BCUT2D eigenvalue weighted by atomic mass is 10.3. The molecular weight excluding hydrogens is 256 g/mol. The van der Waals surface area contributed by atoms with Gasteiger partial charge in [0.25, 0.3) is 0 Å². The number of likely N-dealkylation sites (N-methyl/N-ethyl adjacent to an activating group) is 2. The van der Waals surface area contributed by atoms with E-state index in [1.54, 1.807) is 16.8 Å². The summed E-state index contributed by atoms with van der Waals surface area (Å²) in [6, 6.07) is 2.02. The van der Waals surface area contributed by atoms with Gasteiger partial charge in [-0.2, -0.15) is 5.26 Å². The summed E-state index contributed by atoms with van der Waals surface area (Å²) in [5.74, 6) is 0.0881. The van der Waals surface area contributed by atoms with Crippen LogP contribution in [0.15, 0.2) is 0 Å². The molecular formula is C14H26N4O2. The highest BCUT2D eigenvalue weighted by Gasteiger charge is 2.14. The second kappa shape index (κ2) is 10.2. The Bertz CT molecular complexity index is 348. The van der Waals surface area contributed by atoms with Crippen molar-refractivity contribution in [2.24, 2.45) is 0 Å². The molecule has 0 aromatic carbocycles. The van der Waals surface area contributed by atoms with Gasteiger partial charge < -0.3 is 9.80 Å². The van der Waals surface area contributed by atoms with E-state index in [0.717, 1.165) is 0 Å². The van der Waals surface area contributed by atoms with Crippen LogP contribution in [0.1, 0.15) is 26.7 Å². The van der Waals surface area contributed by atoms with Crippen molar-refractivity contribution in [2.75, 3.05) is 46.8 Å². The maximum Gasteiger partial charge on any atom is 0.236 e. The zero-order valence-corrected chi connectivity index (χ0v) is 13.1. The number of nitrogens with zero attached hydrogens (tertiary/aromatic N) is 4. The molecule has 2 amide bonds. The van der Waals surface area contributed by atoms with Crippen LogP contribution in [0.5, 0.6) is 0 Å². The summed E-state index contributed by atoms with van der Waals surface area (Å²) in [5.41, 5.74) is 0. The van der Waals surface area contributed by atoms with E-state index in [1.807, 2.05) is 31.9 Å². The molecule has 0 atom stereocenters. The van der Waals surface area contributed by atoms with E-state index in [2.05, 4.69) is 0 Å². The number of carbonyl (C=O) groups is 2. The van der Waals surface area contributed by atoms with Gasteiger partial charge in [0, 0.05) is 39.6 Å². The average Bonchev–Trinajstić information content (AvgIpc) is 2.43. The van der Waals surface area contributed by atoms with Crippen LogP contribution in [0.4, 0.5) is 0 Å². The Morgan fingerprint density at radius 2 is 1.65 bits per heavy atom. The van der Waals surface area contributed by atoms with E-state index in [1.165, 1.54) is 0 Å². The normalized spacial score (nSPS) is 10.2. The van der Waals surface area contributed by atoms with Crippen molar-refractivity contribution in [3.8, 4) is 6.07 Å². The summed E-state index contributed by atoms with van der Waals surface area (Å²) >= 11 is 0. The zero-order chi connectivity index (χ0) is 15.5. The minimum Gasteiger partial charge on any atom is -0.345 e. The van der Waals surface area contributed by atoms with Crippen molar-refractivity contribution < 1.29 is 9.59 Å². The van der Waals surface area contributed by atoms with Crippen LogP contribution in [-0.4, -0.2) is 73.3 Å². The van der Waals surface area contributed by atoms with Gasteiger partial charge in [-0.1, -0.05) is 0 Å². The first-order chi connectivity index (χ1) is 9.46. The third-order valence-electron chi connectivity index (χ3n) is 3.21. The van der Waals surface area contributed by atoms with Crippen LogP contribution in [0.25, 0.3) is 0 Å². The molecule has 114 valence electrons. The summed E-state index contributed by atoms with van der Waals surface area (Å²) in [6.45, 7) is 6.65. The minimum atomic E-state index is 0.00221. The van der Waals surface area contributed by atoms with E-state index in [9.17, 15) is 9.59 Å². The molecule has 0 fully saturated rings. The molecule has 0 bridgehead atoms. The average molecular weight is 282 g/mol. The SMILES string of the molecule is CCN(CC)C(=O)CN(C)CCC(=O)N(C)CCC#N. The summed E-state index contributed by atoms with van der Waals surface area (Å²) in [6.07, 6.45) is 0.711. The number of hydrogen-bond acceptors (Lipinski definition) is 4. The van der Waals surface area contributed by atoms with Gasteiger partial charge >= 0.3 is 0 Å². The highest BCUT2D eigenvalue weighted by Crippen LogP contribution is 1.97. The summed E-state index contributed by atoms with van der Waals surface area (Å²) < 4.78 is 0. The standard InChI is InChI=1S/C14H26N4O2/c1-5-18(6-2)14(20)12-16(3)11-8-13(19)17(4)10-7-9-15/h5-8,10-12H2,1-4H3. The maximum atomic E-state index is 11.9. The number of hydrogen-bond donors (Lipinski definition) is 0. The molecule has 0 unspecified atom stereocenters. The predicted molar refractivity (Wildman–Crippen MR) is 77.9 cm³/mol. The van der Waals surface area contributed by atoms with Crippen LogP contribution in [0.3, 0.4) is 0 Å². The number of carbonyl (C=O) groups excluding carboxylic acids is 2. The second-order valence-electron chi connectivity index (χ2n) is 4.78. The van der Waals surface area contributed by atoms with Crippen molar-refractivity contribution in [1.29, 1.82) is 5.26 Å². The molecule has 6 heteroatoms. The molecule has 20 heavy (non-hydrogen) atoms. The Morgan fingerprint density at radius 1 is 1.05 bits per heavy atom. The largest absolute Gasteiger partial charge is 0.345 e. The molecule has 0 radical (unpaired) electrons. The third-order valence-corrected chi connectivity index (χ3v) is 3.21. The van der Waals surface area contributed by atoms with Gasteiger partial charge in [0.2, 0.25) is 11.8 Å². The van der Waals surface area contributed by atoms with Crippen molar-refractivity contribution in [1.82, 2.24) is 14.7 Å². The van der Waals surface area contributed by atoms with Crippen LogP contribution in [-0.2, 0) is 9.59 Å². The summed E-state index contributed by atoms with van der Waals surface area (Å²) in [5, 5.41) is 8.47. The van der Waals surface area contributed by atoms with Gasteiger partial charge in [0.1, 0.15) is 0 Å². The first-order valence-corrected chi connectivity index (χ1v) is 7.03. The smallest absolute Gasteiger partial charge is 0.236 e. The highest BCUT2D eigenvalue weighted by atomic mass is 16.2. The van der Waals surface area contributed by atoms with E-state index < -0.39 is 0 Å². The van der Waals surface area contributed by atoms with E-state index in [-0.39, 0.29) is 11.8 Å². The van der Waals surface area contributed by atoms with Crippen molar-refractivity contribution in [2.45, 2.75) is 26.7 Å². The lowest BCUT2D eigenvalue weighted by Crippen LogP contribution is -2.40. The second-order valence-corrected chi connectivity index (χ2v) is 4.78. The molecule has 0 aromatic heterocycles. The summed E-state index contributed by atoms with van der Waals surface area (Å²) in [4.78, 5) is 28.9. The fourth-order valence-electron chi connectivity index (χ4n) is 1.81. The molecule has 0 spiro atoms. The highest BCUT2D eigenvalue weighted by molar-refractivity contribution is 5.78. The molecule has 0 aliphatic heterocycles. The summed E-state index contributed by atoms with van der Waals surface area (Å²) in [7, 11) is 3.53. The van der Waals surface area contributed by atoms with Gasteiger partial charge in [-0.15, -0.1) is 0 Å². The quantitative estimate of drug-likeness (QED) is 0.619. The molecule has 0 aliphatic rings. The lowest BCUT2D eigenvalue weighted by molar-refractivity contribution is -0.133. The number of nitriles is 1. The van der Waals surface area contributed by atoms with Gasteiger partial charge in [0.05, 0.1) is 19.0 Å². The van der Waals surface area contributed by atoms with Crippen LogP contribution in [0, 0.1) is 11.3 Å². The predicted octanol–water partition coefficient (Wildman–Crippen LogP) is 0.549. The topological polar surface area (TPSA) is 67.7 Å². The molecule has 0 rings (SSSR count). The van der Waals surface area contributed by atoms with Gasteiger partial charge in [0.15, 0.2) is 0 Å². The van der Waals surface area contributed by atoms with Crippen molar-refractivity contribution >= 4 is 11.8 Å². The van der Waals surface area contributed by atoms with Crippen molar-refractivity contribution in [3.05, 3.63) is 0 Å². The fraction of sp³-hybridized carbons (Fsp3) is 0.786. The van der Waals surface area contributed by atoms with Crippen molar-refractivity contribution in [3.63, 3.8) is 0 Å². The van der Waals surface area contributed by atoms with Crippen LogP contribution in [0.2, 0.25) is 0 Å². The molecule has 0 heterocycles. The molecule has 0 N–H and O–H groups in total. The lowest BCUT2D eigenvalue weighted by Gasteiger charge is -2.23. The molecule has 6 nitrogen and oxygen atoms in total. The first-order valence-electron chi connectivity index (χ1n) is 7.03. The molecule has 0 saturated heterocycles. The monoisotopic (exact) mass is 282 g/mol. The van der Waals surface area contributed by atoms with E-state index in [4.69, 9.17) is 5.26 Å². The maximum absolute atomic E-state index is 11.9. The Morgan fingerprint density at radius 3 is 2.15 bits per heavy atom. The number of amides is 2. The number of rotatable bonds is 9. The Hall–Kier alpha value is -1.61. The van der Waals surface area contributed by atoms with Crippen LogP contribution >= 0.6 is 0 Å². The van der Waals surface area contributed by atoms with E-state index in [0.29, 0.717) is 45.6 Å². The van der Waals surface area contributed by atoms with Gasteiger partial charge in [-0.05, 0) is 20.9 Å². The third kappa shape index (κ3) is 7.10. The molecule has 0 aliphatic carbocycles.